The van der Waals surface area contributed by atoms with Crippen LogP contribution in [0.1, 0.15) is 5.56 Å². The summed E-state index contributed by atoms with van der Waals surface area (Å²) in [5, 5.41) is 0.421. The largest absolute Gasteiger partial charge is 0.467 e. The normalized spacial score (nSPS) is 11.6. The van der Waals surface area contributed by atoms with Crippen LogP contribution in [-0.4, -0.2) is 19.6 Å². The van der Waals surface area contributed by atoms with Gasteiger partial charge >= 0.3 is 6.18 Å². The number of hydrogen-bond acceptors (Lipinski definition) is 2. The SMILES string of the molecule is Fc1cc(CBr)cc(OCOCC(F)(F)F)c1. The highest BCUT2D eigenvalue weighted by atomic mass is 79.9. The summed E-state index contributed by atoms with van der Waals surface area (Å²) in [6.45, 7) is -1.97. The van der Waals surface area contributed by atoms with E-state index in [2.05, 4.69) is 20.7 Å². The Morgan fingerprint density at radius 1 is 1.18 bits per heavy atom. The van der Waals surface area contributed by atoms with Crippen LogP contribution in [0.3, 0.4) is 0 Å². The highest BCUT2D eigenvalue weighted by Gasteiger charge is 2.27. The van der Waals surface area contributed by atoms with Crippen molar-refractivity contribution in [3.8, 4) is 5.75 Å². The summed E-state index contributed by atoms with van der Waals surface area (Å²) in [7, 11) is 0. The molecule has 0 saturated heterocycles. The number of ether oxygens (including phenoxy) is 2. The van der Waals surface area contributed by atoms with Gasteiger partial charge in [-0.1, -0.05) is 15.9 Å². The third-order valence-corrected chi connectivity index (χ3v) is 2.31. The molecule has 1 aromatic rings. The van der Waals surface area contributed by atoms with Gasteiger partial charge in [0.25, 0.3) is 0 Å². The molecule has 0 N–H and O–H groups in total. The fourth-order valence-corrected chi connectivity index (χ4v) is 1.37. The summed E-state index contributed by atoms with van der Waals surface area (Å²) in [6, 6.07) is 3.87. The lowest BCUT2D eigenvalue weighted by Crippen LogP contribution is -2.19. The number of benzene rings is 1. The van der Waals surface area contributed by atoms with Crippen LogP contribution in [0.25, 0.3) is 0 Å². The Labute approximate surface area is 104 Å². The molecule has 0 aliphatic rings. The molecule has 1 rings (SSSR count). The minimum Gasteiger partial charge on any atom is -0.467 e. The van der Waals surface area contributed by atoms with Crippen LogP contribution in [-0.2, 0) is 10.1 Å². The first-order valence-corrected chi connectivity index (χ1v) is 5.65. The Morgan fingerprint density at radius 3 is 2.47 bits per heavy atom. The Bertz CT molecular complexity index is 368. The monoisotopic (exact) mass is 316 g/mol. The minimum atomic E-state index is -4.40. The zero-order valence-corrected chi connectivity index (χ0v) is 10.1. The molecular formula is C10H9BrF4O2. The lowest BCUT2D eigenvalue weighted by atomic mass is 10.2. The molecule has 0 unspecified atom stereocenters. The summed E-state index contributed by atoms with van der Waals surface area (Å²) in [4.78, 5) is 0. The Balaban J connectivity index is 2.44. The standard InChI is InChI=1S/C10H9BrF4O2/c11-4-7-1-8(12)3-9(2-7)17-6-16-5-10(13,14)15/h1-3H,4-6H2. The molecule has 0 saturated carbocycles. The molecule has 0 spiro atoms. The van der Waals surface area contributed by atoms with Crippen molar-refractivity contribution in [1.29, 1.82) is 0 Å². The lowest BCUT2D eigenvalue weighted by molar-refractivity contribution is -0.186. The lowest BCUT2D eigenvalue weighted by Gasteiger charge is -2.10. The first-order chi connectivity index (χ1) is 7.90. The first kappa shape index (κ1) is 14.2. The van der Waals surface area contributed by atoms with Gasteiger partial charge in [-0.25, -0.2) is 4.39 Å². The average molecular weight is 317 g/mol. The van der Waals surface area contributed by atoms with Gasteiger partial charge in [0.1, 0.15) is 18.2 Å². The number of halogens is 5. The van der Waals surface area contributed by atoms with E-state index < -0.39 is 25.4 Å². The topological polar surface area (TPSA) is 18.5 Å². The summed E-state index contributed by atoms with van der Waals surface area (Å²) in [5.41, 5.74) is 0.621. The second kappa shape index (κ2) is 6.20. The molecule has 7 heteroatoms. The van der Waals surface area contributed by atoms with Gasteiger partial charge in [-0.05, 0) is 17.7 Å². The van der Waals surface area contributed by atoms with Crippen molar-refractivity contribution in [3.63, 3.8) is 0 Å². The number of alkyl halides is 4. The van der Waals surface area contributed by atoms with Crippen LogP contribution in [0, 0.1) is 5.82 Å². The molecule has 0 aliphatic heterocycles. The Morgan fingerprint density at radius 2 is 1.88 bits per heavy atom. The summed E-state index contributed by atoms with van der Waals surface area (Å²) in [6.07, 6.45) is -4.40. The van der Waals surface area contributed by atoms with E-state index in [-0.39, 0.29) is 5.75 Å². The van der Waals surface area contributed by atoms with Gasteiger partial charge in [0.2, 0.25) is 0 Å². The van der Waals surface area contributed by atoms with Crippen molar-refractivity contribution in [3.05, 3.63) is 29.6 Å². The summed E-state index contributed by atoms with van der Waals surface area (Å²) in [5.74, 6) is -0.394. The van der Waals surface area contributed by atoms with E-state index in [1.54, 1.807) is 0 Å². The maximum Gasteiger partial charge on any atom is 0.411 e. The summed E-state index contributed by atoms with van der Waals surface area (Å²) >= 11 is 3.13. The third-order valence-electron chi connectivity index (χ3n) is 1.66. The van der Waals surface area contributed by atoms with Gasteiger partial charge < -0.3 is 9.47 Å². The van der Waals surface area contributed by atoms with Crippen LogP contribution >= 0.6 is 15.9 Å². The molecule has 0 radical (unpaired) electrons. The minimum absolute atomic E-state index is 0.127. The zero-order valence-electron chi connectivity index (χ0n) is 8.56. The van der Waals surface area contributed by atoms with Gasteiger partial charge in [0.15, 0.2) is 6.79 Å². The fraction of sp³-hybridized carbons (Fsp3) is 0.400. The molecule has 0 atom stereocenters. The predicted octanol–water partition coefficient (Wildman–Crippen LogP) is 3.64. The molecule has 0 bridgehead atoms. The molecule has 2 nitrogen and oxygen atoms in total. The van der Waals surface area contributed by atoms with E-state index >= 15 is 0 Å². The van der Waals surface area contributed by atoms with Gasteiger partial charge in [-0.2, -0.15) is 13.2 Å². The van der Waals surface area contributed by atoms with E-state index in [1.165, 1.54) is 12.1 Å². The fourth-order valence-electron chi connectivity index (χ4n) is 1.05. The Hall–Kier alpha value is -0.820. The van der Waals surface area contributed by atoms with Gasteiger partial charge in [-0.3, -0.25) is 0 Å². The van der Waals surface area contributed by atoms with Gasteiger partial charge in [-0.15, -0.1) is 0 Å². The smallest absolute Gasteiger partial charge is 0.411 e. The van der Waals surface area contributed by atoms with Crippen LogP contribution in [0.2, 0.25) is 0 Å². The van der Waals surface area contributed by atoms with Gasteiger partial charge in [0, 0.05) is 11.4 Å². The van der Waals surface area contributed by atoms with E-state index in [1.807, 2.05) is 0 Å². The van der Waals surface area contributed by atoms with E-state index in [0.717, 1.165) is 6.07 Å². The van der Waals surface area contributed by atoms with Crippen molar-refractivity contribution < 1.29 is 27.0 Å². The molecule has 0 amide bonds. The highest BCUT2D eigenvalue weighted by molar-refractivity contribution is 9.08. The number of rotatable bonds is 5. The zero-order chi connectivity index (χ0) is 12.9. The van der Waals surface area contributed by atoms with Crippen LogP contribution in [0.4, 0.5) is 17.6 Å². The van der Waals surface area contributed by atoms with E-state index in [9.17, 15) is 17.6 Å². The van der Waals surface area contributed by atoms with Crippen LogP contribution < -0.4 is 4.74 Å². The highest BCUT2D eigenvalue weighted by Crippen LogP contribution is 2.19. The van der Waals surface area contributed by atoms with Crippen LogP contribution in [0.5, 0.6) is 5.75 Å². The molecule has 0 fully saturated rings. The molecule has 0 heterocycles. The van der Waals surface area contributed by atoms with Crippen LogP contribution in [0.15, 0.2) is 18.2 Å². The molecule has 0 aromatic heterocycles. The quantitative estimate of drug-likeness (QED) is 0.357. The van der Waals surface area contributed by atoms with Crippen molar-refractivity contribution in [2.75, 3.05) is 13.4 Å². The average Bonchev–Trinajstić information content (AvgIpc) is 2.22. The van der Waals surface area contributed by atoms with E-state index in [4.69, 9.17) is 4.74 Å². The third kappa shape index (κ3) is 5.88. The van der Waals surface area contributed by atoms with Crippen molar-refractivity contribution >= 4 is 15.9 Å². The Kier molecular flexibility index (Phi) is 5.20. The number of hydrogen-bond donors (Lipinski definition) is 0. The molecular weight excluding hydrogens is 308 g/mol. The van der Waals surface area contributed by atoms with Crippen molar-refractivity contribution in [1.82, 2.24) is 0 Å². The summed E-state index contributed by atoms with van der Waals surface area (Å²) < 4.78 is 57.2. The molecule has 17 heavy (non-hydrogen) atoms. The second-order valence-electron chi connectivity index (χ2n) is 3.15. The maximum atomic E-state index is 13.0. The maximum absolute atomic E-state index is 13.0. The van der Waals surface area contributed by atoms with E-state index in [0.29, 0.717) is 10.9 Å². The predicted molar refractivity (Wildman–Crippen MR) is 56.5 cm³/mol. The molecule has 96 valence electrons. The van der Waals surface area contributed by atoms with Gasteiger partial charge in [0.05, 0.1) is 0 Å². The molecule has 1 aromatic carbocycles. The molecule has 0 aliphatic carbocycles. The van der Waals surface area contributed by atoms with Crippen molar-refractivity contribution in [2.45, 2.75) is 11.5 Å². The van der Waals surface area contributed by atoms with Crippen molar-refractivity contribution in [2.24, 2.45) is 0 Å². The second-order valence-corrected chi connectivity index (χ2v) is 3.72. The first-order valence-electron chi connectivity index (χ1n) is 4.53.